The molecule has 0 aliphatic rings. The highest BCUT2D eigenvalue weighted by Crippen LogP contribution is 2.16. The third-order valence-electron chi connectivity index (χ3n) is 1.40. The van der Waals surface area contributed by atoms with Crippen LogP contribution in [0.5, 0.6) is 0 Å². The molecular formula is C8H16Br2OSi. The molecule has 0 fully saturated rings. The van der Waals surface area contributed by atoms with Crippen LogP contribution in [0.3, 0.4) is 0 Å². The number of hydrogen-bond donors (Lipinski definition) is 0. The normalized spacial score (nSPS) is 13.4. The van der Waals surface area contributed by atoms with Gasteiger partial charge in [0, 0.05) is 0 Å². The van der Waals surface area contributed by atoms with Crippen LogP contribution in [-0.2, 0) is 4.74 Å². The van der Waals surface area contributed by atoms with E-state index in [2.05, 4.69) is 44.1 Å². The Morgan fingerprint density at radius 2 is 2.17 bits per heavy atom. The molecule has 0 aromatic carbocycles. The Morgan fingerprint density at radius 3 is 2.50 bits per heavy atom. The van der Waals surface area contributed by atoms with Gasteiger partial charge in [0.05, 0.1) is 12.3 Å². The molecule has 0 aromatic heterocycles. The van der Waals surface area contributed by atoms with Crippen LogP contribution in [0.1, 0.15) is 26.7 Å². The van der Waals surface area contributed by atoms with E-state index in [1.807, 2.05) is 6.92 Å². The summed E-state index contributed by atoms with van der Waals surface area (Å²) in [5, 5.41) is 0. The van der Waals surface area contributed by atoms with Crippen LogP contribution in [0, 0.1) is 0 Å². The zero-order valence-electron chi connectivity index (χ0n) is 7.65. The molecular weight excluding hydrogens is 300 g/mol. The van der Waals surface area contributed by atoms with Crippen molar-refractivity contribution >= 4 is 36.6 Å². The van der Waals surface area contributed by atoms with Crippen molar-refractivity contribution in [3.05, 3.63) is 12.2 Å². The fourth-order valence-electron chi connectivity index (χ4n) is 0.816. The van der Waals surface area contributed by atoms with Gasteiger partial charge < -0.3 is 4.74 Å². The molecule has 0 N–H and O–H groups in total. The van der Waals surface area contributed by atoms with Crippen LogP contribution in [0.4, 0.5) is 0 Å². The first-order chi connectivity index (χ1) is 5.57. The number of halogens is 2. The molecule has 4 heteroatoms. The van der Waals surface area contributed by atoms with Crippen molar-refractivity contribution in [2.45, 2.75) is 32.4 Å². The van der Waals surface area contributed by atoms with Gasteiger partial charge in [-0.3, -0.25) is 0 Å². The SMILES string of the molecule is C=C(C)COC(CCC)[SiH](Br)Br. The summed E-state index contributed by atoms with van der Waals surface area (Å²) in [4.78, 5) is 0. The minimum absolute atomic E-state index is 0.381. The van der Waals surface area contributed by atoms with Gasteiger partial charge in [0.2, 0.25) is 6.04 Å². The molecule has 0 bridgehead atoms. The smallest absolute Gasteiger partial charge is 0.215 e. The average molecular weight is 316 g/mol. The maximum atomic E-state index is 5.67. The third kappa shape index (κ3) is 6.40. The van der Waals surface area contributed by atoms with E-state index >= 15 is 0 Å². The molecule has 0 amide bonds. The van der Waals surface area contributed by atoms with E-state index < -0.39 is 6.04 Å². The second-order valence-electron chi connectivity index (χ2n) is 2.93. The quantitative estimate of drug-likeness (QED) is 0.415. The molecule has 0 aromatic rings. The molecule has 0 aliphatic heterocycles. The van der Waals surface area contributed by atoms with Crippen LogP contribution in [-0.4, -0.2) is 18.4 Å². The molecule has 0 radical (unpaired) electrons. The van der Waals surface area contributed by atoms with E-state index in [-0.39, 0.29) is 0 Å². The molecule has 1 unspecified atom stereocenters. The lowest BCUT2D eigenvalue weighted by Gasteiger charge is -2.17. The molecule has 0 saturated heterocycles. The van der Waals surface area contributed by atoms with Gasteiger partial charge in [0.15, 0.2) is 0 Å². The summed E-state index contributed by atoms with van der Waals surface area (Å²) in [5.74, 6) is 0. The van der Waals surface area contributed by atoms with Gasteiger partial charge in [-0.15, -0.1) is 30.6 Å². The summed E-state index contributed by atoms with van der Waals surface area (Å²) in [7, 11) is 0. The molecule has 12 heavy (non-hydrogen) atoms. The Labute approximate surface area is 92.3 Å². The number of hydrogen-bond acceptors (Lipinski definition) is 1. The Bertz CT molecular complexity index is 139. The van der Waals surface area contributed by atoms with Crippen molar-refractivity contribution in [1.82, 2.24) is 0 Å². The van der Waals surface area contributed by atoms with Gasteiger partial charge in [0.1, 0.15) is 0 Å². The number of ether oxygens (including phenoxy) is 1. The Morgan fingerprint density at radius 1 is 1.58 bits per heavy atom. The van der Waals surface area contributed by atoms with Crippen LogP contribution in [0.2, 0.25) is 0 Å². The standard InChI is InChI=1S/C8H16Br2OSi/c1-4-5-8(12(9)10)11-6-7(2)3/h8,12H,2,4-6H2,1,3H3. The lowest BCUT2D eigenvalue weighted by Crippen LogP contribution is -2.24. The average Bonchev–Trinajstić information content (AvgIpc) is 1.96. The monoisotopic (exact) mass is 314 g/mol. The van der Waals surface area contributed by atoms with Gasteiger partial charge in [-0.1, -0.05) is 25.5 Å². The molecule has 1 nitrogen and oxygen atoms in total. The van der Waals surface area contributed by atoms with Crippen LogP contribution in [0.15, 0.2) is 12.2 Å². The number of rotatable bonds is 6. The summed E-state index contributed by atoms with van der Waals surface area (Å²) in [5.41, 5.74) is 1.47. The summed E-state index contributed by atoms with van der Waals surface area (Å²) in [6.07, 6.45) is 2.29. The lowest BCUT2D eigenvalue weighted by molar-refractivity contribution is 0.119. The Balaban J connectivity index is 3.70. The van der Waals surface area contributed by atoms with Gasteiger partial charge in [0.25, 0.3) is 0 Å². The zero-order valence-corrected chi connectivity index (χ0v) is 12.0. The highest BCUT2D eigenvalue weighted by atomic mass is 79.9. The fraction of sp³-hybridized carbons (Fsp3) is 0.750. The molecule has 0 aliphatic carbocycles. The van der Waals surface area contributed by atoms with Crippen molar-refractivity contribution in [1.29, 1.82) is 0 Å². The van der Waals surface area contributed by atoms with E-state index in [4.69, 9.17) is 4.74 Å². The van der Waals surface area contributed by atoms with E-state index in [1.54, 1.807) is 0 Å². The van der Waals surface area contributed by atoms with Gasteiger partial charge >= 0.3 is 0 Å². The molecule has 0 rings (SSSR count). The Kier molecular flexibility index (Phi) is 7.83. The summed E-state index contributed by atoms with van der Waals surface area (Å²) in [6, 6.07) is -1.00. The predicted octanol–water partition coefficient (Wildman–Crippen LogP) is 3.30. The maximum absolute atomic E-state index is 5.67. The highest BCUT2D eigenvalue weighted by Gasteiger charge is 2.17. The van der Waals surface area contributed by atoms with Crippen molar-refractivity contribution in [3.8, 4) is 0 Å². The van der Waals surface area contributed by atoms with Gasteiger partial charge in [-0.05, 0) is 13.3 Å². The summed E-state index contributed by atoms with van der Waals surface area (Å²) >= 11 is 7.19. The minimum atomic E-state index is -1.00. The highest BCUT2D eigenvalue weighted by molar-refractivity contribution is 9.49. The molecule has 0 spiro atoms. The molecule has 1 atom stereocenters. The van der Waals surface area contributed by atoms with Crippen molar-refractivity contribution in [2.75, 3.05) is 6.61 Å². The van der Waals surface area contributed by atoms with Crippen LogP contribution < -0.4 is 0 Å². The van der Waals surface area contributed by atoms with E-state index in [9.17, 15) is 0 Å². The zero-order chi connectivity index (χ0) is 9.56. The van der Waals surface area contributed by atoms with E-state index in [0.717, 1.165) is 12.0 Å². The first kappa shape index (κ1) is 12.9. The van der Waals surface area contributed by atoms with Crippen molar-refractivity contribution in [3.63, 3.8) is 0 Å². The topological polar surface area (TPSA) is 9.23 Å². The second-order valence-corrected chi connectivity index (χ2v) is 13.9. The van der Waals surface area contributed by atoms with E-state index in [1.165, 1.54) is 6.42 Å². The summed E-state index contributed by atoms with van der Waals surface area (Å²) in [6.45, 7) is 8.65. The summed E-state index contributed by atoms with van der Waals surface area (Å²) < 4.78 is 5.67. The first-order valence-electron chi connectivity index (χ1n) is 4.12. The first-order valence-corrected chi connectivity index (χ1v) is 11.2. The predicted molar refractivity (Wildman–Crippen MR) is 64.5 cm³/mol. The molecule has 0 heterocycles. The second kappa shape index (κ2) is 7.30. The fourth-order valence-corrected chi connectivity index (χ4v) is 4.14. The van der Waals surface area contributed by atoms with Gasteiger partial charge in [-0.25, -0.2) is 0 Å². The van der Waals surface area contributed by atoms with Gasteiger partial charge in [-0.2, -0.15) is 0 Å². The van der Waals surface area contributed by atoms with Crippen LogP contribution >= 0.6 is 30.6 Å². The molecule has 0 saturated carbocycles. The minimum Gasteiger partial charge on any atom is -0.375 e. The molecule has 72 valence electrons. The third-order valence-corrected chi connectivity index (χ3v) is 6.02. The maximum Gasteiger partial charge on any atom is 0.215 e. The van der Waals surface area contributed by atoms with Crippen LogP contribution in [0.25, 0.3) is 0 Å². The van der Waals surface area contributed by atoms with E-state index in [0.29, 0.717) is 12.3 Å². The van der Waals surface area contributed by atoms with Crippen molar-refractivity contribution < 1.29 is 4.74 Å². The Hall–Kier alpha value is 0.877. The van der Waals surface area contributed by atoms with Crippen molar-refractivity contribution in [2.24, 2.45) is 0 Å². The lowest BCUT2D eigenvalue weighted by atomic mass is 10.3. The largest absolute Gasteiger partial charge is 0.375 e.